The lowest BCUT2D eigenvalue weighted by molar-refractivity contribution is 0.159. The van der Waals surface area contributed by atoms with E-state index in [4.69, 9.17) is 0 Å². The molecule has 0 bridgehead atoms. The van der Waals surface area contributed by atoms with Gasteiger partial charge in [0.25, 0.3) is 0 Å². The molecule has 1 aliphatic rings. The van der Waals surface area contributed by atoms with E-state index < -0.39 is 0 Å². The normalized spacial score (nSPS) is 24.4. The fourth-order valence-corrected chi connectivity index (χ4v) is 2.53. The molecular formula is C16H25N. The van der Waals surface area contributed by atoms with Crippen molar-refractivity contribution in [3.63, 3.8) is 0 Å². The van der Waals surface area contributed by atoms with Crippen molar-refractivity contribution in [1.29, 1.82) is 0 Å². The van der Waals surface area contributed by atoms with E-state index in [1.54, 1.807) is 0 Å². The van der Waals surface area contributed by atoms with Gasteiger partial charge in [0, 0.05) is 5.54 Å². The van der Waals surface area contributed by atoms with Crippen LogP contribution in [0, 0.1) is 11.8 Å². The monoisotopic (exact) mass is 231 g/mol. The highest BCUT2D eigenvalue weighted by atomic mass is 14.9. The van der Waals surface area contributed by atoms with Crippen molar-refractivity contribution in [1.82, 2.24) is 5.32 Å². The first kappa shape index (κ1) is 12.6. The molecule has 2 rings (SSSR count). The van der Waals surface area contributed by atoms with Gasteiger partial charge >= 0.3 is 0 Å². The Hall–Kier alpha value is -0.820. The van der Waals surface area contributed by atoms with E-state index in [1.165, 1.54) is 31.4 Å². The van der Waals surface area contributed by atoms with Gasteiger partial charge in [-0.25, -0.2) is 0 Å². The fourth-order valence-electron chi connectivity index (χ4n) is 2.53. The minimum atomic E-state index is 0.257. The molecule has 2 atom stereocenters. The van der Waals surface area contributed by atoms with Gasteiger partial charge in [0.15, 0.2) is 0 Å². The molecule has 0 aliphatic heterocycles. The van der Waals surface area contributed by atoms with Crippen molar-refractivity contribution >= 4 is 0 Å². The van der Waals surface area contributed by atoms with Crippen LogP contribution >= 0.6 is 0 Å². The number of nitrogens with one attached hydrogen (secondary N) is 1. The van der Waals surface area contributed by atoms with E-state index in [0.717, 1.165) is 11.8 Å². The molecule has 1 N–H and O–H groups in total. The largest absolute Gasteiger partial charge is 0.312 e. The van der Waals surface area contributed by atoms with E-state index in [9.17, 15) is 0 Å². The number of hydrogen-bond acceptors (Lipinski definition) is 1. The van der Waals surface area contributed by atoms with E-state index in [1.807, 2.05) is 0 Å². The Bertz CT molecular complexity index is 336. The van der Waals surface area contributed by atoms with Crippen LogP contribution in [0.3, 0.4) is 0 Å². The Morgan fingerprint density at radius 1 is 1.06 bits per heavy atom. The van der Waals surface area contributed by atoms with Crippen molar-refractivity contribution in [2.75, 3.05) is 6.54 Å². The van der Waals surface area contributed by atoms with Gasteiger partial charge in [-0.15, -0.1) is 0 Å². The van der Waals surface area contributed by atoms with E-state index in [2.05, 4.69) is 56.4 Å². The number of rotatable bonds is 4. The standard InChI is InChI=1S/C16H25N/c1-16(2,3)17-12-15-10-9-14(15)11-13-7-5-4-6-8-13/h4-8,14-15,17H,9-12H2,1-3H3. The SMILES string of the molecule is CC(C)(C)NCC1CCC1Cc1ccccc1. The second-order valence-corrected chi connectivity index (χ2v) is 6.42. The Kier molecular flexibility index (Phi) is 3.88. The quantitative estimate of drug-likeness (QED) is 0.834. The van der Waals surface area contributed by atoms with Gasteiger partial charge < -0.3 is 5.32 Å². The summed E-state index contributed by atoms with van der Waals surface area (Å²) in [7, 11) is 0. The van der Waals surface area contributed by atoms with Crippen LogP contribution < -0.4 is 5.32 Å². The molecular weight excluding hydrogens is 206 g/mol. The average Bonchev–Trinajstić information content (AvgIpc) is 2.24. The van der Waals surface area contributed by atoms with Gasteiger partial charge in [-0.1, -0.05) is 30.3 Å². The molecule has 0 amide bonds. The molecule has 17 heavy (non-hydrogen) atoms. The Morgan fingerprint density at radius 2 is 1.71 bits per heavy atom. The van der Waals surface area contributed by atoms with Crippen molar-refractivity contribution < 1.29 is 0 Å². The van der Waals surface area contributed by atoms with E-state index in [-0.39, 0.29) is 5.54 Å². The summed E-state index contributed by atoms with van der Waals surface area (Å²) in [6, 6.07) is 10.9. The fraction of sp³-hybridized carbons (Fsp3) is 0.625. The third kappa shape index (κ3) is 3.85. The van der Waals surface area contributed by atoms with Crippen molar-refractivity contribution in [2.24, 2.45) is 11.8 Å². The topological polar surface area (TPSA) is 12.0 Å². The first-order chi connectivity index (χ1) is 8.04. The highest BCUT2D eigenvalue weighted by molar-refractivity contribution is 5.16. The van der Waals surface area contributed by atoms with Crippen LogP contribution in [0.2, 0.25) is 0 Å². The van der Waals surface area contributed by atoms with Crippen LogP contribution in [-0.2, 0) is 6.42 Å². The van der Waals surface area contributed by atoms with Crippen LogP contribution in [0.25, 0.3) is 0 Å². The third-order valence-electron chi connectivity index (χ3n) is 3.81. The molecule has 94 valence electrons. The molecule has 1 saturated carbocycles. The Morgan fingerprint density at radius 3 is 2.24 bits per heavy atom. The zero-order valence-corrected chi connectivity index (χ0v) is 11.4. The first-order valence-electron chi connectivity index (χ1n) is 6.83. The lowest BCUT2D eigenvalue weighted by Gasteiger charge is -2.39. The molecule has 1 aromatic carbocycles. The highest BCUT2D eigenvalue weighted by Gasteiger charge is 2.31. The second kappa shape index (κ2) is 5.22. The second-order valence-electron chi connectivity index (χ2n) is 6.42. The maximum Gasteiger partial charge on any atom is 0.00966 e. The molecule has 0 spiro atoms. The van der Waals surface area contributed by atoms with Crippen molar-refractivity contribution in [3.8, 4) is 0 Å². The Balaban J connectivity index is 1.79. The zero-order chi connectivity index (χ0) is 12.3. The molecule has 1 fully saturated rings. The lowest BCUT2D eigenvalue weighted by Crippen LogP contribution is -2.44. The average molecular weight is 231 g/mol. The molecule has 0 radical (unpaired) electrons. The van der Waals surface area contributed by atoms with Gasteiger partial charge in [-0.05, 0) is 64.0 Å². The summed E-state index contributed by atoms with van der Waals surface area (Å²) in [6.45, 7) is 7.93. The molecule has 1 heteroatoms. The van der Waals surface area contributed by atoms with Gasteiger partial charge in [0.05, 0.1) is 0 Å². The molecule has 2 unspecified atom stereocenters. The van der Waals surface area contributed by atoms with Gasteiger partial charge in [-0.3, -0.25) is 0 Å². The molecule has 1 aromatic rings. The summed E-state index contributed by atoms with van der Waals surface area (Å²) in [6.07, 6.45) is 4.07. The van der Waals surface area contributed by atoms with Crippen LogP contribution in [0.1, 0.15) is 39.2 Å². The minimum absolute atomic E-state index is 0.257. The van der Waals surface area contributed by atoms with E-state index in [0.29, 0.717) is 0 Å². The number of hydrogen-bond donors (Lipinski definition) is 1. The third-order valence-corrected chi connectivity index (χ3v) is 3.81. The van der Waals surface area contributed by atoms with Crippen molar-refractivity contribution in [2.45, 2.75) is 45.6 Å². The Labute approximate surface area is 106 Å². The summed E-state index contributed by atoms with van der Waals surface area (Å²) < 4.78 is 0. The predicted octanol–water partition coefficient (Wildman–Crippen LogP) is 3.64. The number of benzene rings is 1. The first-order valence-corrected chi connectivity index (χ1v) is 6.83. The summed E-state index contributed by atoms with van der Waals surface area (Å²) >= 11 is 0. The summed E-state index contributed by atoms with van der Waals surface area (Å²) in [4.78, 5) is 0. The maximum atomic E-state index is 3.64. The molecule has 0 saturated heterocycles. The summed E-state index contributed by atoms with van der Waals surface area (Å²) in [5, 5.41) is 3.64. The van der Waals surface area contributed by atoms with Crippen molar-refractivity contribution in [3.05, 3.63) is 35.9 Å². The van der Waals surface area contributed by atoms with Gasteiger partial charge in [0.2, 0.25) is 0 Å². The van der Waals surface area contributed by atoms with Crippen LogP contribution in [0.15, 0.2) is 30.3 Å². The predicted molar refractivity (Wildman–Crippen MR) is 74.1 cm³/mol. The highest BCUT2D eigenvalue weighted by Crippen LogP contribution is 2.36. The summed E-state index contributed by atoms with van der Waals surface area (Å²) in [5.41, 5.74) is 1.75. The van der Waals surface area contributed by atoms with Crippen LogP contribution in [0.5, 0.6) is 0 Å². The lowest BCUT2D eigenvalue weighted by atomic mass is 9.70. The maximum absolute atomic E-state index is 3.64. The summed E-state index contributed by atoms with van der Waals surface area (Å²) in [5.74, 6) is 1.78. The van der Waals surface area contributed by atoms with Crippen LogP contribution in [-0.4, -0.2) is 12.1 Å². The van der Waals surface area contributed by atoms with E-state index >= 15 is 0 Å². The molecule has 1 aliphatic carbocycles. The molecule has 0 heterocycles. The van der Waals surface area contributed by atoms with Gasteiger partial charge in [0.1, 0.15) is 0 Å². The van der Waals surface area contributed by atoms with Gasteiger partial charge in [-0.2, -0.15) is 0 Å². The molecule has 0 aromatic heterocycles. The smallest absolute Gasteiger partial charge is 0.00966 e. The van der Waals surface area contributed by atoms with Crippen LogP contribution in [0.4, 0.5) is 0 Å². The zero-order valence-electron chi connectivity index (χ0n) is 11.4. The molecule has 1 nitrogen and oxygen atoms in total. The minimum Gasteiger partial charge on any atom is -0.312 e.